The number of likely N-dealkylation sites (tertiary alicyclic amines) is 1. The van der Waals surface area contributed by atoms with E-state index in [2.05, 4.69) is 33.3 Å². The number of rotatable bonds is 3. The Morgan fingerprint density at radius 1 is 1.12 bits per heavy atom. The van der Waals surface area contributed by atoms with Gasteiger partial charge in [0.15, 0.2) is 0 Å². The second-order valence-electron chi connectivity index (χ2n) is 7.07. The van der Waals surface area contributed by atoms with Gasteiger partial charge in [-0.3, -0.25) is 10.2 Å². The number of piperidine rings is 1. The zero-order valence-electron chi connectivity index (χ0n) is 14.1. The topological polar surface area (TPSA) is 80.5 Å². The van der Waals surface area contributed by atoms with E-state index in [1.807, 2.05) is 23.1 Å². The maximum absolute atomic E-state index is 12.4. The van der Waals surface area contributed by atoms with Gasteiger partial charge in [-0.25, -0.2) is 16.3 Å². The third-order valence-electron chi connectivity index (χ3n) is 5.57. The van der Waals surface area contributed by atoms with Gasteiger partial charge in [-0.2, -0.15) is 5.53 Å². The highest BCUT2D eigenvalue weighted by Gasteiger charge is 2.36. The minimum atomic E-state index is -0.160. The van der Waals surface area contributed by atoms with E-state index in [0.29, 0.717) is 18.5 Å². The molecule has 0 radical (unpaired) electrons. The fourth-order valence-electron chi connectivity index (χ4n) is 4.09. The molecule has 3 atom stereocenters. The van der Waals surface area contributed by atoms with Crippen LogP contribution in [0.25, 0.3) is 0 Å². The Morgan fingerprint density at radius 2 is 1.92 bits per heavy atom. The molecule has 3 aliphatic heterocycles. The zero-order chi connectivity index (χ0) is 17.2. The monoisotopic (exact) mass is 364 g/mol. The lowest BCUT2D eigenvalue weighted by molar-refractivity contribution is -0.134. The van der Waals surface area contributed by atoms with Gasteiger partial charge in [-0.15, -0.1) is 0 Å². The van der Waals surface area contributed by atoms with Gasteiger partial charge in [0.05, 0.1) is 0 Å². The molecule has 0 bridgehead atoms. The number of nitrogens with one attached hydrogen (secondary N) is 5. The Kier molecular flexibility index (Phi) is 5.21. The molecule has 5 N–H and O–H groups in total. The summed E-state index contributed by atoms with van der Waals surface area (Å²) < 4.78 is 0. The van der Waals surface area contributed by atoms with Gasteiger partial charge in [0.1, 0.15) is 6.04 Å². The van der Waals surface area contributed by atoms with Crippen LogP contribution in [-0.2, 0) is 4.79 Å². The van der Waals surface area contributed by atoms with Gasteiger partial charge in [0.2, 0.25) is 5.91 Å². The van der Waals surface area contributed by atoms with E-state index in [-0.39, 0.29) is 18.0 Å². The molecule has 3 fully saturated rings. The normalized spacial score (nSPS) is 30.8. The van der Waals surface area contributed by atoms with E-state index in [0.717, 1.165) is 42.9 Å². The average molecular weight is 365 g/mol. The average Bonchev–Trinajstić information content (AvgIpc) is 3.34. The van der Waals surface area contributed by atoms with E-state index >= 15 is 0 Å². The van der Waals surface area contributed by atoms with Gasteiger partial charge < -0.3 is 4.90 Å². The van der Waals surface area contributed by atoms with Crippen LogP contribution in [0.1, 0.15) is 30.9 Å². The predicted molar refractivity (Wildman–Crippen MR) is 96.2 cm³/mol. The molecule has 8 heteroatoms. The number of halogens is 1. The smallest absolute Gasteiger partial charge is 0.242 e. The first-order chi connectivity index (χ1) is 12.2. The summed E-state index contributed by atoms with van der Waals surface area (Å²) in [6.07, 6.45) is 3.10. The minimum Gasteiger partial charge on any atom is -0.341 e. The lowest BCUT2D eigenvalue weighted by Gasteiger charge is -2.35. The quantitative estimate of drug-likeness (QED) is 0.536. The van der Waals surface area contributed by atoms with Gasteiger partial charge >= 0.3 is 0 Å². The van der Waals surface area contributed by atoms with Crippen LogP contribution in [0.2, 0.25) is 5.02 Å². The first-order valence-corrected chi connectivity index (χ1v) is 9.38. The maximum atomic E-state index is 12.4. The number of nitrogens with zero attached hydrogens (tertiary/aromatic N) is 1. The predicted octanol–water partition coefficient (Wildman–Crippen LogP) is 0.467. The van der Waals surface area contributed by atoms with E-state index in [1.54, 1.807) is 0 Å². The van der Waals surface area contributed by atoms with Crippen molar-refractivity contribution in [3.05, 3.63) is 34.9 Å². The summed E-state index contributed by atoms with van der Waals surface area (Å²) in [5.74, 6) is 0.763. The highest BCUT2D eigenvalue weighted by atomic mass is 35.5. The second-order valence-corrected chi connectivity index (χ2v) is 7.48. The minimum absolute atomic E-state index is 0.160. The van der Waals surface area contributed by atoms with Crippen LogP contribution in [0.4, 0.5) is 0 Å². The first kappa shape index (κ1) is 17.2. The van der Waals surface area contributed by atoms with Crippen molar-refractivity contribution in [3.8, 4) is 0 Å². The van der Waals surface area contributed by atoms with Crippen molar-refractivity contribution >= 4 is 17.5 Å². The van der Waals surface area contributed by atoms with Crippen molar-refractivity contribution in [2.24, 2.45) is 5.92 Å². The van der Waals surface area contributed by atoms with Gasteiger partial charge in [0.25, 0.3) is 0 Å². The molecule has 4 rings (SSSR count). The Morgan fingerprint density at radius 3 is 2.64 bits per heavy atom. The highest BCUT2D eigenvalue weighted by Crippen LogP contribution is 2.33. The standard InChI is InChI=1S/C17H25ClN6O/c18-13-4-2-1-3-12(13)15-9-14(20-21-15)11-5-7-24(8-6-11)17(25)16-10-19-23-22-16/h1-4,11,14-16,19-23H,5-10H2. The van der Waals surface area contributed by atoms with Gasteiger partial charge in [-0.1, -0.05) is 29.8 Å². The molecular weight excluding hydrogens is 340 g/mol. The summed E-state index contributed by atoms with van der Waals surface area (Å²) in [5, 5.41) is 0.814. The molecule has 1 aromatic rings. The molecule has 0 spiro atoms. The van der Waals surface area contributed by atoms with E-state index in [9.17, 15) is 4.79 Å². The van der Waals surface area contributed by atoms with Crippen LogP contribution in [0.3, 0.4) is 0 Å². The van der Waals surface area contributed by atoms with Crippen LogP contribution in [0.15, 0.2) is 24.3 Å². The number of carbonyl (C=O) groups is 1. The van der Waals surface area contributed by atoms with E-state index < -0.39 is 0 Å². The summed E-state index contributed by atoms with van der Waals surface area (Å²) in [6, 6.07) is 8.53. The van der Waals surface area contributed by atoms with Crippen molar-refractivity contribution in [3.63, 3.8) is 0 Å². The van der Waals surface area contributed by atoms with Crippen molar-refractivity contribution in [1.82, 2.24) is 32.1 Å². The molecule has 3 saturated heterocycles. The summed E-state index contributed by atoms with van der Waals surface area (Å²) in [7, 11) is 0. The number of benzene rings is 1. The van der Waals surface area contributed by atoms with E-state index in [4.69, 9.17) is 11.6 Å². The molecule has 0 saturated carbocycles. The lowest BCUT2D eigenvalue weighted by atomic mass is 9.86. The van der Waals surface area contributed by atoms with Crippen LogP contribution >= 0.6 is 11.6 Å². The molecule has 0 aromatic heterocycles. The molecule has 3 aliphatic rings. The summed E-state index contributed by atoms with van der Waals surface area (Å²) in [4.78, 5) is 14.4. The highest BCUT2D eigenvalue weighted by molar-refractivity contribution is 6.31. The summed E-state index contributed by atoms with van der Waals surface area (Å²) in [6.45, 7) is 2.29. The fourth-order valence-corrected chi connectivity index (χ4v) is 4.35. The SMILES string of the molecule is O=C(C1CNNN1)N1CCC(C2CC(c3ccccc3Cl)NN2)CC1. The first-order valence-electron chi connectivity index (χ1n) is 9.00. The number of carbonyl (C=O) groups excluding carboxylic acids is 1. The number of hydrogen-bond donors (Lipinski definition) is 5. The fraction of sp³-hybridized carbons (Fsp3) is 0.588. The lowest BCUT2D eigenvalue weighted by Crippen LogP contribution is -2.51. The molecule has 3 heterocycles. The van der Waals surface area contributed by atoms with Crippen LogP contribution in [0.5, 0.6) is 0 Å². The van der Waals surface area contributed by atoms with Gasteiger partial charge in [-0.05, 0) is 36.8 Å². The van der Waals surface area contributed by atoms with Gasteiger partial charge in [0, 0.05) is 36.7 Å². The number of hydrogen-bond acceptors (Lipinski definition) is 6. The van der Waals surface area contributed by atoms with E-state index in [1.165, 1.54) is 0 Å². The molecule has 3 unspecified atom stereocenters. The Bertz CT molecular complexity index is 615. The Hall–Kier alpha value is -1.22. The van der Waals surface area contributed by atoms with Crippen LogP contribution < -0.4 is 27.2 Å². The number of hydrazine groups is 3. The molecule has 7 nitrogen and oxygen atoms in total. The molecule has 1 amide bonds. The van der Waals surface area contributed by atoms with Crippen molar-refractivity contribution in [1.29, 1.82) is 0 Å². The third kappa shape index (κ3) is 3.67. The second kappa shape index (κ2) is 7.57. The van der Waals surface area contributed by atoms with Crippen LogP contribution in [-0.4, -0.2) is 42.5 Å². The molecular formula is C17H25ClN6O. The summed E-state index contributed by atoms with van der Waals surface area (Å²) in [5.41, 5.74) is 16.7. The zero-order valence-corrected chi connectivity index (χ0v) is 14.9. The molecule has 1 aromatic carbocycles. The maximum Gasteiger partial charge on any atom is 0.242 e. The molecule has 136 valence electrons. The van der Waals surface area contributed by atoms with Crippen molar-refractivity contribution < 1.29 is 4.79 Å². The molecule has 0 aliphatic carbocycles. The van der Waals surface area contributed by atoms with Crippen molar-refractivity contribution in [2.45, 2.75) is 37.4 Å². The summed E-state index contributed by atoms with van der Waals surface area (Å²) >= 11 is 6.33. The largest absolute Gasteiger partial charge is 0.341 e. The third-order valence-corrected chi connectivity index (χ3v) is 5.92. The van der Waals surface area contributed by atoms with Crippen LogP contribution in [0, 0.1) is 5.92 Å². The number of amides is 1. The Balaban J connectivity index is 1.30. The Labute approximate surface area is 152 Å². The molecule has 25 heavy (non-hydrogen) atoms. The van der Waals surface area contributed by atoms with Crippen molar-refractivity contribution in [2.75, 3.05) is 19.6 Å².